The zero-order valence-corrected chi connectivity index (χ0v) is 10.9. The van der Waals surface area contributed by atoms with Gasteiger partial charge in [0.05, 0.1) is 12.7 Å². The number of hydrogen-bond acceptors (Lipinski definition) is 2. The third-order valence-electron chi connectivity index (χ3n) is 2.89. The lowest BCUT2D eigenvalue weighted by molar-refractivity contribution is 0.0810. The Morgan fingerprint density at radius 2 is 1.58 bits per heavy atom. The topological polar surface area (TPSA) is 35.2 Å². The van der Waals surface area contributed by atoms with Crippen molar-refractivity contribution in [3.05, 3.63) is 77.9 Å². The lowest BCUT2D eigenvalue weighted by atomic mass is 10.1. The van der Waals surface area contributed by atoms with E-state index in [2.05, 4.69) is 18.2 Å². The lowest BCUT2D eigenvalue weighted by Gasteiger charge is -2.14. The molecule has 0 heterocycles. The Morgan fingerprint density at radius 3 is 2.21 bits per heavy atom. The maximum Gasteiger partial charge on any atom is 0.0951 e. The largest absolute Gasteiger partial charge is 0.368 e. The van der Waals surface area contributed by atoms with Gasteiger partial charge in [-0.05, 0) is 11.1 Å². The standard InChI is InChI=1S/C17H19NO/c18-14-17(16-11-5-2-6-12-16)19-13-7-10-15-8-3-1-4-9-15/h1-12,17H,13-14,18H2/b10-7+. The smallest absolute Gasteiger partial charge is 0.0951 e. The second-order valence-electron chi connectivity index (χ2n) is 4.28. The predicted octanol–water partition coefficient (Wildman–Crippen LogP) is 3.42. The summed E-state index contributed by atoms with van der Waals surface area (Å²) in [5.41, 5.74) is 8.05. The van der Waals surface area contributed by atoms with Crippen molar-refractivity contribution < 1.29 is 4.74 Å². The molecule has 2 heteroatoms. The third-order valence-corrected chi connectivity index (χ3v) is 2.89. The molecule has 0 aliphatic rings. The summed E-state index contributed by atoms with van der Waals surface area (Å²) in [5.74, 6) is 0. The van der Waals surface area contributed by atoms with Crippen LogP contribution in [-0.2, 0) is 4.74 Å². The molecule has 98 valence electrons. The Balaban J connectivity index is 1.86. The first kappa shape index (κ1) is 13.5. The van der Waals surface area contributed by atoms with Crippen molar-refractivity contribution in [2.24, 2.45) is 5.73 Å². The summed E-state index contributed by atoms with van der Waals surface area (Å²) in [5, 5.41) is 0. The third kappa shape index (κ3) is 4.36. The van der Waals surface area contributed by atoms with Crippen molar-refractivity contribution in [1.82, 2.24) is 0 Å². The van der Waals surface area contributed by atoms with Gasteiger partial charge in [0.25, 0.3) is 0 Å². The first-order chi connectivity index (χ1) is 9.40. The van der Waals surface area contributed by atoms with Crippen molar-refractivity contribution in [3.8, 4) is 0 Å². The Morgan fingerprint density at radius 1 is 0.947 bits per heavy atom. The number of hydrogen-bond donors (Lipinski definition) is 1. The van der Waals surface area contributed by atoms with E-state index in [0.29, 0.717) is 13.2 Å². The van der Waals surface area contributed by atoms with E-state index < -0.39 is 0 Å². The summed E-state index contributed by atoms with van der Waals surface area (Å²) in [6.07, 6.45) is 4.03. The summed E-state index contributed by atoms with van der Waals surface area (Å²) in [4.78, 5) is 0. The molecular weight excluding hydrogens is 234 g/mol. The van der Waals surface area contributed by atoms with Crippen LogP contribution in [-0.4, -0.2) is 13.2 Å². The van der Waals surface area contributed by atoms with Crippen LogP contribution in [0.5, 0.6) is 0 Å². The normalized spacial score (nSPS) is 12.7. The molecule has 0 fully saturated rings. The summed E-state index contributed by atoms with van der Waals surface area (Å²) in [6.45, 7) is 1.05. The van der Waals surface area contributed by atoms with Crippen molar-refractivity contribution >= 4 is 6.08 Å². The van der Waals surface area contributed by atoms with Crippen molar-refractivity contribution in [2.75, 3.05) is 13.2 Å². The maximum absolute atomic E-state index is 5.79. The van der Waals surface area contributed by atoms with Crippen LogP contribution in [0.1, 0.15) is 17.2 Å². The molecule has 0 saturated carbocycles. The first-order valence-electron chi connectivity index (χ1n) is 6.48. The molecule has 19 heavy (non-hydrogen) atoms. The molecule has 0 aliphatic carbocycles. The molecule has 2 nitrogen and oxygen atoms in total. The fraction of sp³-hybridized carbons (Fsp3) is 0.176. The van der Waals surface area contributed by atoms with Crippen LogP contribution >= 0.6 is 0 Å². The molecule has 0 aromatic heterocycles. The number of rotatable bonds is 6. The summed E-state index contributed by atoms with van der Waals surface area (Å²) < 4.78 is 5.79. The molecular formula is C17H19NO. The minimum absolute atomic E-state index is 0.0402. The van der Waals surface area contributed by atoms with Crippen LogP contribution < -0.4 is 5.73 Å². The van der Waals surface area contributed by atoms with E-state index in [4.69, 9.17) is 10.5 Å². The van der Waals surface area contributed by atoms with Gasteiger partial charge in [-0.2, -0.15) is 0 Å². The van der Waals surface area contributed by atoms with E-state index in [9.17, 15) is 0 Å². The summed E-state index contributed by atoms with van der Waals surface area (Å²) >= 11 is 0. The maximum atomic E-state index is 5.79. The average molecular weight is 253 g/mol. The molecule has 0 radical (unpaired) electrons. The van der Waals surface area contributed by atoms with Crippen LogP contribution in [0.25, 0.3) is 6.08 Å². The van der Waals surface area contributed by atoms with Gasteiger partial charge in [-0.15, -0.1) is 0 Å². The summed E-state index contributed by atoms with van der Waals surface area (Å²) in [7, 11) is 0. The van der Waals surface area contributed by atoms with Gasteiger partial charge < -0.3 is 10.5 Å². The van der Waals surface area contributed by atoms with Crippen LogP contribution in [0.4, 0.5) is 0 Å². The highest BCUT2D eigenvalue weighted by Gasteiger charge is 2.07. The molecule has 0 amide bonds. The molecule has 1 unspecified atom stereocenters. The van der Waals surface area contributed by atoms with E-state index in [1.807, 2.05) is 54.6 Å². The second kappa shape index (κ2) is 7.52. The molecule has 2 aromatic rings. The molecule has 2 N–H and O–H groups in total. The predicted molar refractivity (Wildman–Crippen MR) is 79.7 cm³/mol. The van der Waals surface area contributed by atoms with Crippen LogP contribution in [0, 0.1) is 0 Å². The molecule has 2 rings (SSSR count). The van der Waals surface area contributed by atoms with Gasteiger partial charge in [0, 0.05) is 6.54 Å². The van der Waals surface area contributed by atoms with E-state index in [1.54, 1.807) is 0 Å². The van der Waals surface area contributed by atoms with Crippen molar-refractivity contribution in [2.45, 2.75) is 6.10 Å². The second-order valence-corrected chi connectivity index (χ2v) is 4.28. The van der Waals surface area contributed by atoms with Gasteiger partial charge in [0.15, 0.2) is 0 Å². The number of nitrogens with two attached hydrogens (primary N) is 1. The molecule has 0 spiro atoms. The molecule has 2 aromatic carbocycles. The minimum Gasteiger partial charge on any atom is -0.368 e. The molecule has 1 atom stereocenters. The van der Waals surface area contributed by atoms with Gasteiger partial charge in [-0.25, -0.2) is 0 Å². The van der Waals surface area contributed by atoms with E-state index >= 15 is 0 Å². The zero-order chi connectivity index (χ0) is 13.3. The summed E-state index contributed by atoms with van der Waals surface area (Å²) in [6, 6.07) is 20.3. The van der Waals surface area contributed by atoms with Gasteiger partial charge in [0.2, 0.25) is 0 Å². The Labute approximate surface area is 114 Å². The zero-order valence-electron chi connectivity index (χ0n) is 10.9. The quantitative estimate of drug-likeness (QED) is 0.856. The highest BCUT2D eigenvalue weighted by molar-refractivity contribution is 5.48. The van der Waals surface area contributed by atoms with Gasteiger partial charge in [-0.1, -0.05) is 72.8 Å². The minimum atomic E-state index is -0.0402. The highest BCUT2D eigenvalue weighted by Crippen LogP contribution is 2.15. The Kier molecular flexibility index (Phi) is 5.35. The molecule has 0 saturated heterocycles. The number of benzene rings is 2. The Hall–Kier alpha value is -1.90. The van der Waals surface area contributed by atoms with Gasteiger partial charge in [-0.3, -0.25) is 0 Å². The van der Waals surface area contributed by atoms with Crippen molar-refractivity contribution in [1.29, 1.82) is 0 Å². The van der Waals surface area contributed by atoms with Crippen LogP contribution in [0.2, 0.25) is 0 Å². The molecule has 0 bridgehead atoms. The van der Waals surface area contributed by atoms with E-state index in [1.165, 1.54) is 5.56 Å². The van der Waals surface area contributed by atoms with E-state index in [-0.39, 0.29) is 6.10 Å². The van der Waals surface area contributed by atoms with Gasteiger partial charge in [0.1, 0.15) is 0 Å². The monoisotopic (exact) mass is 253 g/mol. The Bertz CT molecular complexity index is 493. The van der Waals surface area contributed by atoms with Crippen LogP contribution in [0.15, 0.2) is 66.7 Å². The van der Waals surface area contributed by atoms with Crippen molar-refractivity contribution in [3.63, 3.8) is 0 Å². The SMILES string of the molecule is NCC(OC/C=C/c1ccccc1)c1ccccc1. The lowest BCUT2D eigenvalue weighted by Crippen LogP contribution is -2.15. The first-order valence-corrected chi connectivity index (χ1v) is 6.48. The van der Waals surface area contributed by atoms with Crippen LogP contribution in [0.3, 0.4) is 0 Å². The fourth-order valence-electron chi connectivity index (χ4n) is 1.89. The average Bonchev–Trinajstić information content (AvgIpc) is 2.49. The number of ether oxygens (including phenoxy) is 1. The van der Waals surface area contributed by atoms with Gasteiger partial charge >= 0.3 is 0 Å². The highest BCUT2D eigenvalue weighted by atomic mass is 16.5. The fourth-order valence-corrected chi connectivity index (χ4v) is 1.89. The van der Waals surface area contributed by atoms with E-state index in [0.717, 1.165) is 5.56 Å². The molecule has 0 aliphatic heterocycles.